The Morgan fingerprint density at radius 1 is 1.19 bits per heavy atom. The first-order valence-electron chi connectivity index (χ1n) is 10.4. The van der Waals surface area contributed by atoms with Gasteiger partial charge >= 0.3 is 0 Å². The number of halogens is 2. The summed E-state index contributed by atoms with van der Waals surface area (Å²) in [6.07, 6.45) is 4.80. The van der Waals surface area contributed by atoms with Crippen molar-refractivity contribution in [1.82, 2.24) is 14.5 Å². The second-order valence-corrected chi connectivity index (χ2v) is 7.64. The van der Waals surface area contributed by atoms with Crippen molar-refractivity contribution in [2.24, 2.45) is 0 Å². The SMILES string of the molecule is C=C(OCC)c1cc(-n2c(C)cc(OCc3ncc(F)cc3F)cc2=O)c(C2CC2)cn1. The van der Waals surface area contributed by atoms with Gasteiger partial charge in [-0.1, -0.05) is 6.58 Å². The van der Waals surface area contributed by atoms with Crippen LogP contribution in [0.25, 0.3) is 11.4 Å². The van der Waals surface area contributed by atoms with E-state index in [9.17, 15) is 13.6 Å². The summed E-state index contributed by atoms with van der Waals surface area (Å²) in [5.41, 5.74) is 2.59. The van der Waals surface area contributed by atoms with Gasteiger partial charge in [0.1, 0.15) is 35.3 Å². The van der Waals surface area contributed by atoms with Crippen LogP contribution in [0.15, 0.2) is 48.0 Å². The van der Waals surface area contributed by atoms with Crippen LogP contribution in [-0.4, -0.2) is 21.1 Å². The first kappa shape index (κ1) is 21.7. The van der Waals surface area contributed by atoms with E-state index in [4.69, 9.17) is 9.47 Å². The predicted octanol–water partition coefficient (Wildman–Crippen LogP) is 4.68. The molecule has 3 aromatic heterocycles. The Morgan fingerprint density at radius 2 is 1.97 bits per heavy atom. The van der Waals surface area contributed by atoms with Crippen LogP contribution in [0.3, 0.4) is 0 Å². The van der Waals surface area contributed by atoms with Crippen molar-refractivity contribution < 1.29 is 18.3 Å². The molecule has 0 bridgehead atoms. The van der Waals surface area contributed by atoms with E-state index in [1.165, 1.54) is 6.07 Å². The van der Waals surface area contributed by atoms with Crippen LogP contribution in [0.5, 0.6) is 5.75 Å². The average molecular weight is 439 g/mol. The summed E-state index contributed by atoms with van der Waals surface area (Å²) < 4.78 is 39.5. The van der Waals surface area contributed by atoms with Gasteiger partial charge in [0.05, 0.1) is 18.5 Å². The third-order valence-electron chi connectivity index (χ3n) is 5.22. The lowest BCUT2D eigenvalue weighted by atomic mass is 10.1. The second kappa shape index (κ2) is 8.90. The summed E-state index contributed by atoms with van der Waals surface area (Å²) in [6, 6.07) is 5.59. The highest BCUT2D eigenvalue weighted by atomic mass is 19.1. The molecule has 166 valence electrons. The second-order valence-electron chi connectivity index (χ2n) is 7.64. The number of nitrogens with zero attached hydrogens (tertiary/aromatic N) is 3. The molecule has 1 saturated carbocycles. The molecule has 3 aromatic rings. The van der Waals surface area contributed by atoms with Crippen LogP contribution in [0.1, 0.15) is 48.3 Å². The fourth-order valence-corrected chi connectivity index (χ4v) is 3.52. The molecule has 0 radical (unpaired) electrons. The maximum atomic E-state index is 13.8. The standard InChI is InChI=1S/C24H23F2N3O3/c1-4-31-15(3)21-10-23(19(12-28-21)16-5-6-16)29-14(2)7-18(9-24(29)30)32-13-22-20(26)8-17(25)11-27-22/h7-12,16H,3-6,13H2,1-2H3. The zero-order valence-electron chi connectivity index (χ0n) is 17.9. The molecule has 1 fully saturated rings. The van der Waals surface area contributed by atoms with Gasteiger partial charge in [0.15, 0.2) is 5.82 Å². The quantitative estimate of drug-likeness (QED) is 0.477. The summed E-state index contributed by atoms with van der Waals surface area (Å²) in [5.74, 6) is -0.490. The Bertz CT molecular complexity index is 1240. The molecule has 0 N–H and O–H groups in total. The van der Waals surface area contributed by atoms with Crippen LogP contribution in [-0.2, 0) is 11.3 Å². The summed E-state index contributed by atoms with van der Waals surface area (Å²) in [7, 11) is 0. The van der Waals surface area contributed by atoms with E-state index in [0.29, 0.717) is 29.7 Å². The molecule has 0 spiro atoms. The highest BCUT2D eigenvalue weighted by Gasteiger charge is 2.28. The molecular formula is C24H23F2N3O3. The fourth-order valence-electron chi connectivity index (χ4n) is 3.52. The number of aryl methyl sites for hydroxylation is 1. The van der Waals surface area contributed by atoms with Crippen molar-refractivity contribution in [2.75, 3.05) is 6.61 Å². The van der Waals surface area contributed by atoms with Crippen molar-refractivity contribution in [3.8, 4) is 11.4 Å². The van der Waals surface area contributed by atoms with Crippen molar-refractivity contribution in [3.05, 3.63) is 87.9 Å². The Balaban J connectivity index is 1.66. The molecule has 6 nitrogen and oxygen atoms in total. The van der Waals surface area contributed by atoms with Crippen molar-refractivity contribution >= 4 is 5.76 Å². The van der Waals surface area contributed by atoms with Crippen LogP contribution < -0.4 is 10.3 Å². The number of ether oxygens (including phenoxy) is 2. The third-order valence-corrected chi connectivity index (χ3v) is 5.22. The van der Waals surface area contributed by atoms with Gasteiger partial charge in [0.25, 0.3) is 5.56 Å². The lowest BCUT2D eigenvalue weighted by molar-refractivity contribution is 0.292. The molecule has 0 atom stereocenters. The third kappa shape index (κ3) is 4.54. The number of rotatable bonds is 8. The first-order valence-corrected chi connectivity index (χ1v) is 10.4. The van der Waals surface area contributed by atoms with E-state index in [-0.39, 0.29) is 23.6 Å². The molecule has 32 heavy (non-hydrogen) atoms. The first-order chi connectivity index (χ1) is 15.4. The molecule has 0 saturated heterocycles. The van der Waals surface area contributed by atoms with E-state index in [1.54, 1.807) is 23.8 Å². The molecule has 0 aliphatic heterocycles. The van der Waals surface area contributed by atoms with E-state index in [1.807, 2.05) is 13.0 Å². The summed E-state index contributed by atoms with van der Waals surface area (Å²) >= 11 is 0. The van der Waals surface area contributed by atoms with Crippen molar-refractivity contribution in [2.45, 2.75) is 39.2 Å². The Kier molecular flexibility index (Phi) is 6.03. The maximum absolute atomic E-state index is 13.8. The lowest BCUT2D eigenvalue weighted by Gasteiger charge is -2.17. The van der Waals surface area contributed by atoms with Crippen LogP contribution in [0, 0.1) is 18.6 Å². The van der Waals surface area contributed by atoms with Crippen LogP contribution in [0.4, 0.5) is 8.78 Å². The van der Waals surface area contributed by atoms with Crippen LogP contribution in [0.2, 0.25) is 0 Å². The lowest BCUT2D eigenvalue weighted by Crippen LogP contribution is -2.21. The molecule has 0 unspecified atom stereocenters. The smallest absolute Gasteiger partial charge is 0.259 e. The maximum Gasteiger partial charge on any atom is 0.259 e. The van der Waals surface area contributed by atoms with Gasteiger partial charge in [-0.25, -0.2) is 8.78 Å². The monoisotopic (exact) mass is 439 g/mol. The van der Waals surface area contributed by atoms with E-state index >= 15 is 0 Å². The molecule has 1 aliphatic carbocycles. The van der Waals surface area contributed by atoms with Crippen molar-refractivity contribution in [3.63, 3.8) is 0 Å². The summed E-state index contributed by atoms with van der Waals surface area (Å²) in [5, 5.41) is 0. The van der Waals surface area contributed by atoms with Gasteiger partial charge in [0.2, 0.25) is 0 Å². The van der Waals surface area contributed by atoms with Gasteiger partial charge in [-0.15, -0.1) is 0 Å². The minimum Gasteiger partial charge on any atom is -0.492 e. The number of hydrogen-bond donors (Lipinski definition) is 0. The topological polar surface area (TPSA) is 66.2 Å². The zero-order chi connectivity index (χ0) is 22.8. The van der Waals surface area contributed by atoms with E-state index < -0.39 is 11.6 Å². The Morgan fingerprint density at radius 3 is 2.62 bits per heavy atom. The Hall–Kier alpha value is -3.55. The minimum absolute atomic E-state index is 0.0440. The number of hydrogen-bond acceptors (Lipinski definition) is 5. The molecule has 3 heterocycles. The average Bonchev–Trinajstić information content (AvgIpc) is 3.58. The summed E-state index contributed by atoms with van der Waals surface area (Å²) in [6.45, 7) is 7.81. The molecule has 8 heteroatoms. The fraction of sp³-hybridized carbons (Fsp3) is 0.292. The van der Waals surface area contributed by atoms with Gasteiger partial charge in [-0.3, -0.25) is 19.3 Å². The van der Waals surface area contributed by atoms with E-state index in [0.717, 1.165) is 36.4 Å². The molecule has 0 amide bonds. The van der Waals surface area contributed by atoms with Crippen molar-refractivity contribution in [1.29, 1.82) is 0 Å². The van der Waals surface area contributed by atoms with Gasteiger partial charge < -0.3 is 9.47 Å². The highest BCUT2D eigenvalue weighted by Crippen LogP contribution is 2.42. The number of pyridine rings is 3. The molecular weight excluding hydrogens is 416 g/mol. The van der Waals surface area contributed by atoms with Crippen LogP contribution >= 0.6 is 0 Å². The Labute approximate surface area is 184 Å². The molecule has 0 aromatic carbocycles. The predicted molar refractivity (Wildman–Crippen MR) is 116 cm³/mol. The normalized spacial score (nSPS) is 13.1. The van der Waals surface area contributed by atoms with E-state index in [2.05, 4.69) is 16.5 Å². The highest BCUT2D eigenvalue weighted by molar-refractivity contribution is 5.59. The molecule has 1 aliphatic rings. The van der Waals surface area contributed by atoms with Gasteiger partial charge in [-0.2, -0.15) is 0 Å². The molecule has 4 rings (SSSR count). The largest absolute Gasteiger partial charge is 0.492 e. The summed E-state index contributed by atoms with van der Waals surface area (Å²) in [4.78, 5) is 21.2. The minimum atomic E-state index is -0.803. The van der Waals surface area contributed by atoms with Gasteiger partial charge in [-0.05, 0) is 44.2 Å². The zero-order valence-corrected chi connectivity index (χ0v) is 17.9. The van der Waals surface area contributed by atoms with Gasteiger partial charge in [0, 0.05) is 30.1 Å². The number of aromatic nitrogens is 3.